The lowest BCUT2D eigenvalue weighted by molar-refractivity contribution is -0.384. The molecule has 1 aliphatic heterocycles. The predicted octanol–water partition coefficient (Wildman–Crippen LogP) is 5.66. The first-order chi connectivity index (χ1) is 16.8. The highest BCUT2D eigenvalue weighted by Crippen LogP contribution is 2.46. The van der Waals surface area contributed by atoms with Crippen molar-refractivity contribution in [2.45, 2.75) is 32.7 Å². The number of non-ortho nitro benzene ring substituents is 1. The fourth-order valence-corrected chi connectivity index (χ4v) is 5.26. The van der Waals surface area contributed by atoms with Gasteiger partial charge >= 0.3 is 0 Å². The fourth-order valence-electron chi connectivity index (χ4n) is 5.26. The van der Waals surface area contributed by atoms with Gasteiger partial charge in [-0.25, -0.2) is 4.68 Å². The standard InChI is InChI=1S/C27H23N5O3/c1-27(2)14-21-23(22(33)15-27)24(17-9-5-10-18(13-17)32(34)35)31-26(28-21)29-25(30-31)20-12-6-8-16-7-3-4-11-19(16)20/h3-13,24H,14-15H2,1-2H3,(H,28,29,30). The van der Waals surface area contributed by atoms with Crippen molar-refractivity contribution in [2.24, 2.45) is 5.41 Å². The SMILES string of the molecule is CC1(C)CC(=O)C2=C(C1)Nc1nc(-c3cccc4ccccc34)nn1C2c1cccc([N+](=O)[O-])c1. The van der Waals surface area contributed by atoms with Gasteiger partial charge in [0, 0.05) is 35.4 Å². The minimum atomic E-state index is -0.596. The van der Waals surface area contributed by atoms with Crippen molar-refractivity contribution in [1.29, 1.82) is 0 Å². The average molecular weight is 466 g/mol. The Hall–Kier alpha value is -4.33. The van der Waals surface area contributed by atoms with E-state index < -0.39 is 11.0 Å². The number of carbonyl (C=O) groups is 1. The number of Topliss-reactive ketones (excluding diaryl/α,β-unsaturated/α-hetero) is 1. The van der Waals surface area contributed by atoms with Crippen LogP contribution in [0, 0.1) is 15.5 Å². The Morgan fingerprint density at radius 2 is 1.83 bits per heavy atom. The quantitative estimate of drug-likeness (QED) is 0.309. The van der Waals surface area contributed by atoms with Gasteiger partial charge in [0.05, 0.1) is 4.92 Å². The van der Waals surface area contributed by atoms with E-state index in [0.29, 0.717) is 35.8 Å². The summed E-state index contributed by atoms with van der Waals surface area (Å²) >= 11 is 0. The number of fused-ring (bicyclic) bond motifs is 2. The first-order valence-corrected chi connectivity index (χ1v) is 11.5. The molecule has 0 saturated carbocycles. The van der Waals surface area contributed by atoms with Crippen molar-refractivity contribution in [3.05, 3.63) is 93.7 Å². The van der Waals surface area contributed by atoms with Gasteiger partial charge in [0.2, 0.25) is 5.95 Å². The van der Waals surface area contributed by atoms with E-state index in [1.165, 1.54) is 12.1 Å². The molecule has 0 bridgehead atoms. The number of anilines is 1. The third kappa shape index (κ3) is 3.49. The minimum Gasteiger partial charge on any atom is -0.328 e. The van der Waals surface area contributed by atoms with Gasteiger partial charge in [-0.2, -0.15) is 4.98 Å². The second kappa shape index (κ2) is 7.59. The lowest BCUT2D eigenvalue weighted by Gasteiger charge is -2.38. The number of hydrogen-bond acceptors (Lipinski definition) is 6. The van der Waals surface area contributed by atoms with Gasteiger partial charge in [-0.15, -0.1) is 5.10 Å². The van der Waals surface area contributed by atoms with Gasteiger partial charge in [-0.1, -0.05) is 68.4 Å². The number of ketones is 1. The van der Waals surface area contributed by atoms with Crippen LogP contribution in [0.1, 0.15) is 38.3 Å². The third-order valence-corrected chi connectivity index (χ3v) is 6.76. The first kappa shape index (κ1) is 21.2. The largest absolute Gasteiger partial charge is 0.328 e. The maximum absolute atomic E-state index is 13.4. The molecule has 1 aliphatic carbocycles. The van der Waals surface area contributed by atoms with Crippen LogP contribution in [0.15, 0.2) is 78.0 Å². The molecule has 0 saturated heterocycles. The van der Waals surface area contributed by atoms with Crippen LogP contribution in [0.3, 0.4) is 0 Å². The summed E-state index contributed by atoms with van der Waals surface area (Å²) in [6, 6.07) is 19.9. The van der Waals surface area contributed by atoms with Gasteiger partial charge < -0.3 is 5.32 Å². The predicted molar refractivity (Wildman–Crippen MR) is 133 cm³/mol. The number of benzene rings is 3. The molecule has 0 amide bonds. The van der Waals surface area contributed by atoms with Crippen LogP contribution in [0.4, 0.5) is 11.6 Å². The molecule has 0 fully saturated rings. The van der Waals surface area contributed by atoms with E-state index >= 15 is 0 Å². The number of nitrogens with one attached hydrogen (secondary N) is 1. The molecule has 8 nitrogen and oxygen atoms in total. The second-order valence-electron chi connectivity index (χ2n) is 9.94. The molecule has 6 rings (SSSR count). The number of nitro groups is 1. The Morgan fingerprint density at radius 3 is 2.66 bits per heavy atom. The molecule has 35 heavy (non-hydrogen) atoms. The van der Waals surface area contributed by atoms with Crippen molar-refractivity contribution in [1.82, 2.24) is 14.8 Å². The van der Waals surface area contributed by atoms with Crippen LogP contribution in [0.25, 0.3) is 22.2 Å². The maximum Gasteiger partial charge on any atom is 0.269 e. The van der Waals surface area contributed by atoms with Crippen LogP contribution in [0.2, 0.25) is 0 Å². The molecule has 1 atom stereocenters. The summed E-state index contributed by atoms with van der Waals surface area (Å²) in [5.41, 5.74) is 2.71. The van der Waals surface area contributed by atoms with Gasteiger partial charge in [0.15, 0.2) is 11.6 Å². The first-order valence-electron chi connectivity index (χ1n) is 11.5. The molecule has 3 aromatic carbocycles. The van der Waals surface area contributed by atoms with E-state index in [-0.39, 0.29) is 16.9 Å². The highest BCUT2D eigenvalue weighted by Gasteiger charge is 2.42. The zero-order valence-electron chi connectivity index (χ0n) is 19.4. The average Bonchev–Trinajstić information content (AvgIpc) is 3.25. The smallest absolute Gasteiger partial charge is 0.269 e. The Kier molecular flexibility index (Phi) is 4.60. The monoisotopic (exact) mass is 465 g/mol. The van der Waals surface area contributed by atoms with Crippen molar-refractivity contribution in [3.63, 3.8) is 0 Å². The summed E-state index contributed by atoms with van der Waals surface area (Å²) in [5, 5.41) is 21.8. The summed E-state index contributed by atoms with van der Waals surface area (Å²) < 4.78 is 1.70. The third-order valence-electron chi connectivity index (χ3n) is 6.76. The number of aromatic nitrogens is 3. The second-order valence-corrected chi connectivity index (χ2v) is 9.94. The van der Waals surface area contributed by atoms with E-state index in [1.807, 2.05) is 48.5 Å². The summed E-state index contributed by atoms with van der Waals surface area (Å²) in [7, 11) is 0. The Bertz CT molecular complexity index is 1560. The lowest BCUT2D eigenvalue weighted by Crippen LogP contribution is -2.36. The number of rotatable bonds is 3. The molecule has 0 radical (unpaired) electrons. The number of carbonyl (C=O) groups excluding carboxylic acids is 1. The highest BCUT2D eigenvalue weighted by atomic mass is 16.6. The highest BCUT2D eigenvalue weighted by molar-refractivity contribution is 6.00. The summed E-state index contributed by atoms with van der Waals surface area (Å²) in [4.78, 5) is 29.3. The van der Waals surface area contributed by atoms with Crippen LogP contribution >= 0.6 is 0 Å². The summed E-state index contributed by atoms with van der Waals surface area (Å²) in [6.07, 6.45) is 1.08. The zero-order chi connectivity index (χ0) is 24.3. The fraction of sp³-hybridized carbons (Fsp3) is 0.222. The molecular weight excluding hydrogens is 442 g/mol. The molecule has 2 aliphatic rings. The number of nitrogens with zero attached hydrogens (tertiary/aromatic N) is 4. The molecule has 2 heterocycles. The number of nitro benzene ring substituents is 1. The molecule has 4 aromatic rings. The Morgan fingerprint density at radius 1 is 1.06 bits per heavy atom. The van der Waals surface area contributed by atoms with Gasteiger partial charge in [0.1, 0.15) is 6.04 Å². The number of allylic oxidation sites excluding steroid dienone is 2. The van der Waals surface area contributed by atoms with E-state index in [0.717, 1.165) is 22.0 Å². The van der Waals surface area contributed by atoms with Crippen LogP contribution in [-0.4, -0.2) is 25.5 Å². The van der Waals surface area contributed by atoms with Crippen LogP contribution < -0.4 is 5.32 Å². The molecular formula is C27H23N5O3. The van der Waals surface area contributed by atoms with Crippen LogP contribution in [-0.2, 0) is 4.79 Å². The van der Waals surface area contributed by atoms with Gasteiger partial charge in [-0.05, 0) is 28.2 Å². The Balaban J connectivity index is 1.56. The van der Waals surface area contributed by atoms with Crippen molar-refractivity contribution < 1.29 is 9.72 Å². The van der Waals surface area contributed by atoms with Crippen molar-refractivity contribution in [2.75, 3.05) is 5.32 Å². The summed E-state index contributed by atoms with van der Waals surface area (Å²) in [6.45, 7) is 4.14. The van der Waals surface area contributed by atoms with E-state index in [1.54, 1.807) is 10.7 Å². The van der Waals surface area contributed by atoms with Gasteiger partial charge in [0.25, 0.3) is 5.69 Å². The topological polar surface area (TPSA) is 103 Å². The van der Waals surface area contributed by atoms with Crippen LogP contribution in [0.5, 0.6) is 0 Å². The molecule has 0 spiro atoms. The molecule has 8 heteroatoms. The van der Waals surface area contributed by atoms with Crippen molar-refractivity contribution >= 4 is 28.2 Å². The minimum absolute atomic E-state index is 0.0214. The maximum atomic E-state index is 13.4. The van der Waals surface area contributed by atoms with E-state index in [4.69, 9.17) is 10.1 Å². The Labute approximate surface area is 201 Å². The summed E-state index contributed by atoms with van der Waals surface area (Å²) in [5.74, 6) is 1.08. The molecule has 1 unspecified atom stereocenters. The lowest BCUT2D eigenvalue weighted by atomic mass is 9.73. The van der Waals surface area contributed by atoms with E-state index in [9.17, 15) is 14.9 Å². The van der Waals surface area contributed by atoms with Gasteiger partial charge in [-0.3, -0.25) is 14.9 Å². The molecule has 174 valence electrons. The zero-order valence-corrected chi connectivity index (χ0v) is 19.4. The van der Waals surface area contributed by atoms with Crippen molar-refractivity contribution in [3.8, 4) is 11.4 Å². The molecule has 1 aromatic heterocycles. The van der Waals surface area contributed by atoms with E-state index in [2.05, 4.69) is 19.2 Å². The number of hydrogen-bond donors (Lipinski definition) is 1. The molecule has 1 N–H and O–H groups in total. The normalized spacial score (nSPS) is 18.7.